The van der Waals surface area contributed by atoms with Crippen molar-refractivity contribution in [2.45, 2.75) is 33.6 Å². The molecular weight excluding hydrogens is 336 g/mol. The standard InChI is InChI=1S/C22H22N4O/c1-13-6-4-5-7-17(13)21-24-15(3)20-14(2)23-18-10-11-19(25-22(18)26(20)21)27-12-16-8-9-16/h4-7,10-11,16H,8-9,12H2,1-3H3. The van der Waals surface area contributed by atoms with E-state index in [2.05, 4.69) is 29.5 Å². The summed E-state index contributed by atoms with van der Waals surface area (Å²) in [7, 11) is 0. The maximum Gasteiger partial charge on any atom is 0.215 e. The molecule has 0 saturated heterocycles. The third-order valence-corrected chi connectivity index (χ3v) is 5.27. The van der Waals surface area contributed by atoms with Gasteiger partial charge in [0.05, 0.1) is 23.5 Å². The lowest BCUT2D eigenvalue weighted by Gasteiger charge is -2.11. The van der Waals surface area contributed by atoms with E-state index in [-0.39, 0.29) is 0 Å². The Hall–Kier alpha value is -2.95. The van der Waals surface area contributed by atoms with E-state index in [0.29, 0.717) is 11.8 Å². The van der Waals surface area contributed by atoms with Crippen LogP contribution in [0.15, 0.2) is 36.4 Å². The third-order valence-electron chi connectivity index (χ3n) is 5.27. The molecule has 136 valence electrons. The van der Waals surface area contributed by atoms with Gasteiger partial charge >= 0.3 is 0 Å². The summed E-state index contributed by atoms with van der Waals surface area (Å²) in [6.45, 7) is 6.92. The van der Waals surface area contributed by atoms with Crippen LogP contribution in [0.4, 0.5) is 0 Å². The van der Waals surface area contributed by atoms with E-state index < -0.39 is 0 Å². The molecule has 0 amide bonds. The minimum Gasteiger partial charge on any atom is -0.477 e. The smallest absolute Gasteiger partial charge is 0.215 e. The lowest BCUT2D eigenvalue weighted by Crippen LogP contribution is -2.04. The van der Waals surface area contributed by atoms with Gasteiger partial charge in [-0.15, -0.1) is 0 Å². The number of aryl methyl sites for hydroxylation is 3. The van der Waals surface area contributed by atoms with E-state index in [0.717, 1.165) is 46.1 Å². The van der Waals surface area contributed by atoms with Gasteiger partial charge in [0.25, 0.3) is 0 Å². The number of hydrogen-bond acceptors (Lipinski definition) is 4. The van der Waals surface area contributed by atoms with Crippen molar-refractivity contribution >= 4 is 16.7 Å². The van der Waals surface area contributed by atoms with Crippen LogP contribution in [0, 0.1) is 26.7 Å². The Morgan fingerprint density at radius 3 is 2.52 bits per heavy atom. The van der Waals surface area contributed by atoms with Gasteiger partial charge in [-0.2, -0.15) is 4.98 Å². The number of benzene rings is 1. The van der Waals surface area contributed by atoms with Gasteiger partial charge < -0.3 is 4.74 Å². The Morgan fingerprint density at radius 1 is 0.963 bits per heavy atom. The zero-order valence-electron chi connectivity index (χ0n) is 15.9. The Bertz CT molecular complexity index is 1170. The van der Waals surface area contributed by atoms with E-state index >= 15 is 0 Å². The highest BCUT2D eigenvalue weighted by Gasteiger charge is 2.23. The molecule has 0 spiro atoms. The van der Waals surface area contributed by atoms with E-state index in [1.54, 1.807) is 0 Å². The molecule has 5 rings (SSSR count). The minimum absolute atomic E-state index is 0.656. The van der Waals surface area contributed by atoms with Gasteiger partial charge in [0.2, 0.25) is 5.88 Å². The molecule has 1 fully saturated rings. The normalized spacial score (nSPS) is 14.2. The summed E-state index contributed by atoms with van der Waals surface area (Å²) in [5.74, 6) is 2.25. The summed E-state index contributed by atoms with van der Waals surface area (Å²) in [6, 6.07) is 12.2. The van der Waals surface area contributed by atoms with Crippen molar-refractivity contribution in [3.8, 4) is 17.3 Å². The number of nitrogens with zero attached hydrogens (tertiary/aromatic N) is 4. The van der Waals surface area contributed by atoms with Crippen molar-refractivity contribution in [2.75, 3.05) is 6.61 Å². The maximum atomic E-state index is 5.92. The van der Waals surface area contributed by atoms with Gasteiger partial charge in [0, 0.05) is 11.6 Å². The Balaban J connectivity index is 1.78. The molecule has 0 N–H and O–H groups in total. The van der Waals surface area contributed by atoms with Gasteiger partial charge in [-0.05, 0) is 51.2 Å². The molecule has 1 aliphatic rings. The molecule has 5 nitrogen and oxygen atoms in total. The number of imidazole rings is 1. The van der Waals surface area contributed by atoms with Crippen LogP contribution in [0.3, 0.4) is 0 Å². The summed E-state index contributed by atoms with van der Waals surface area (Å²) >= 11 is 0. The van der Waals surface area contributed by atoms with E-state index in [1.165, 1.54) is 18.4 Å². The highest BCUT2D eigenvalue weighted by atomic mass is 16.5. The van der Waals surface area contributed by atoms with Crippen LogP contribution in [-0.4, -0.2) is 26.0 Å². The lowest BCUT2D eigenvalue weighted by atomic mass is 10.1. The van der Waals surface area contributed by atoms with E-state index in [9.17, 15) is 0 Å². The predicted molar refractivity (Wildman–Crippen MR) is 106 cm³/mol. The molecule has 0 bridgehead atoms. The first kappa shape index (κ1) is 16.2. The average Bonchev–Trinajstić information content (AvgIpc) is 3.42. The summed E-state index contributed by atoms with van der Waals surface area (Å²) in [4.78, 5) is 14.5. The first-order valence-electron chi connectivity index (χ1n) is 9.47. The number of aromatic nitrogens is 4. The highest BCUT2D eigenvalue weighted by Crippen LogP contribution is 2.31. The molecule has 0 atom stereocenters. The molecular formula is C22H22N4O. The van der Waals surface area contributed by atoms with Gasteiger partial charge in [0.1, 0.15) is 11.3 Å². The molecule has 0 radical (unpaired) electrons. The first-order chi connectivity index (χ1) is 13.1. The maximum absolute atomic E-state index is 5.92. The summed E-state index contributed by atoms with van der Waals surface area (Å²) in [5.41, 5.74) is 6.89. The lowest BCUT2D eigenvalue weighted by molar-refractivity contribution is 0.289. The Kier molecular flexibility index (Phi) is 3.64. The number of ether oxygens (including phenoxy) is 1. The van der Waals surface area contributed by atoms with Crippen molar-refractivity contribution in [1.82, 2.24) is 19.4 Å². The fourth-order valence-electron chi connectivity index (χ4n) is 3.64. The number of rotatable bonds is 4. The predicted octanol–water partition coefficient (Wildman–Crippen LogP) is 4.66. The van der Waals surface area contributed by atoms with Crippen LogP contribution >= 0.6 is 0 Å². The number of fused-ring (bicyclic) bond motifs is 3. The van der Waals surface area contributed by atoms with Crippen LogP contribution in [0.5, 0.6) is 5.88 Å². The van der Waals surface area contributed by atoms with Crippen LogP contribution in [0.2, 0.25) is 0 Å². The van der Waals surface area contributed by atoms with Crippen molar-refractivity contribution in [1.29, 1.82) is 0 Å². The monoisotopic (exact) mass is 358 g/mol. The molecule has 5 heteroatoms. The molecule has 3 heterocycles. The minimum atomic E-state index is 0.656. The molecule has 1 aliphatic carbocycles. The summed E-state index contributed by atoms with van der Waals surface area (Å²) < 4.78 is 8.06. The van der Waals surface area contributed by atoms with Gasteiger partial charge in [0.15, 0.2) is 5.65 Å². The average molecular weight is 358 g/mol. The fourth-order valence-corrected chi connectivity index (χ4v) is 3.64. The SMILES string of the molecule is Cc1ccccc1-c1nc(C)c2c(C)nc3ccc(OCC4CC4)nc3n12. The van der Waals surface area contributed by atoms with Crippen LogP contribution in [-0.2, 0) is 0 Å². The largest absolute Gasteiger partial charge is 0.477 e. The van der Waals surface area contributed by atoms with Gasteiger partial charge in [-0.3, -0.25) is 4.40 Å². The Morgan fingerprint density at radius 2 is 1.74 bits per heavy atom. The van der Waals surface area contributed by atoms with E-state index in [4.69, 9.17) is 19.7 Å². The molecule has 3 aromatic heterocycles. The molecule has 1 saturated carbocycles. The molecule has 1 aromatic carbocycles. The number of hydrogen-bond donors (Lipinski definition) is 0. The fraction of sp³-hybridized carbons (Fsp3) is 0.318. The van der Waals surface area contributed by atoms with Crippen molar-refractivity contribution in [2.24, 2.45) is 5.92 Å². The molecule has 0 aliphatic heterocycles. The second-order valence-electron chi connectivity index (χ2n) is 7.46. The second-order valence-corrected chi connectivity index (χ2v) is 7.46. The highest BCUT2D eigenvalue weighted by molar-refractivity contribution is 5.81. The van der Waals surface area contributed by atoms with Crippen LogP contribution < -0.4 is 4.74 Å². The van der Waals surface area contributed by atoms with E-state index in [1.807, 2.05) is 32.0 Å². The quantitative estimate of drug-likeness (QED) is 0.532. The zero-order valence-corrected chi connectivity index (χ0v) is 15.9. The summed E-state index contributed by atoms with van der Waals surface area (Å²) in [6.07, 6.45) is 2.52. The van der Waals surface area contributed by atoms with Crippen molar-refractivity contribution in [3.63, 3.8) is 0 Å². The van der Waals surface area contributed by atoms with Gasteiger partial charge in [-0.1, -0.05) is 24.3 Å². The second kappa shape index (κ2) is 6.05. The molecule has 4 aromatic rings. The van der Waals surface area contributed by atoms with Crippen molar-refractivity contribution in [3.05, 3.63) is 53.3 Å². The van der Waals surface area contributed by atoms with Crippen LogP contribution in [0.1, 0.15) is 29.8 Å². The molecule has 27 heavy (non-hydrogen) atoms. The van der Waals surface area contributed by atoms with Gasteiger partial charge in [-0.25, -0.2) is 9.97 Å². The third kappa shape index (κ3) is 2.74. The van der Waals surface area contributed by atoms with Crippen LogP contribution in [0.25, 0.3) is 28.1 Å². The first-order valence-corrected chi connectivity index (χ1v) is 9.47. The van der Waals surface area contributed by atoms with Crippen molar-refractivity contribution < 1.29 is 4.74 Å². The Labute approximate surface area is 158 Å². The topological polar surface area (TPSA) is 52.3 Å². The zero-order chi connectivity index (χ0) is 18.5. The number of pyridine rings is 1. The molecule has 0 unspecified atom stereocenters. The summed E-state index contributed by atoms with van der Waals surface area (Å²) in [5, 5.41) is 0.